The van der Waals surface area contributed by atoms with E-state index in [1.807, 2.05) is 19.1 Å². The van der Waals surface area contributed by atoms with Crippen LogP contribution in [0.1, 0.15) is 12.5 Å². The number of nitro groups is 1. The number of halogens is 1. The lowest BCUT2D eigenvalue weighted by Gasteiger charge is -2.10. The fraction of sp³-hybridized carbons (Fsp3) is 0.200. The number of alkyl halides is 1. The van der Waals surface area contributed by atoms with E-state index in [2.05, 4.69) is 15.9 Å². The van der Waals surface area contributed by atoms with Gasteiger partial charge in [0.25, 0.3) is 5.69 Å². The van der Waals surface area contributed by atoms with Crippen molar-refractivity contribution in [3.05, 3.63) is 58.1 Å². The predicted octanol–water partition coefficient (Wildman–Crippen LogP) is 4.68. The van der Waals surface area contributed by atoms with Gasteiger partial charge in [0.15, 0.2) is 0 Å². The molecule has 0 aliphatic rings. The number of hydrogen-bond acceptors (Lipinski definition) is 4. The second-order valence-corrected chi connectivity index (χ2v) is 4.75. The van der Waals surface area contributed by atoms with Gasteiger partial charge in [0.1, 0.15) is 17.2 Å². The topological polar surface area (TPSA) is 61.6 Å². The molecule has 0 spiro atoms. The number of ether oxygens (including phenoxy) is 2. The van der Waals surface area contributed by atoms with Gasteiger partial charge in [-0.25, -0.2) is 0 Å². The van der Waals surface area contributed by atoms with Crippen molar-refractivity contribution in [1.82, 2.24) is 0 Å². The van der Waals surface area contributed by atoms with E-state index >= 15 is 0 Å². The molecule has 0 saturated heterocycles. The molecule has 0 heterocycles. The van der Waals surface area contributed by atoms with Gasteiger partial charge in [-0.1, -0.05) is 15.9 Å². The molecule has 110 valence electrons. The molecule has 0 saturated carbocycles. The zero-order chi connectivity index (χ0) is 15.2. The molecule has 2 rings (SSSR count). The third-order valence-electron chi connectivity index (χ3n) is 2.76. The molecular formula is C15H14BrNO4. The van der Waals surface area contributed by atoms with Gasteiger partial charge in [-0.15, -0.1) is 0 Å². The van der Waals surface area contributed by atoms with E-state index in [1.54, 1.807) is 18.2 Å². The van der Waals surface area contributed by atoms with Crippen LogP contribution in [0.5, 0.6) is 17.2 Å². The minimum Gasteiger partial charge on any atom is -0.494 e. The van der Waals surface area contributed by atoms with E-state index in [4.69, 9.17) is 9.47 Å². The Morgan fingerprint density at radius 3 is 2.38 bits per heavy atom. The maximum atomic E-state index is 10.8. The normalized spacial score (nSPS) is 10.2. The van der Waals surface area contributed by atoms with Gasteiger partial charge in [0.05, 0.1) is 11.5 Å². The maximum Gasteiger partial charge on any atom is 0.270 e. The molecule has 21 heavy (non-hydrogen) atoms. The summed E-state index contributed by atoms with van der Waals surface area (Å²) in [5.74, 6) is 2.01. The lowest BCUT2D eigenvalue weighted by Crippen LogP contribution is -1.94. The number of benzene rings is 2. The first-order chi connectivity index (χ1) is 10.1. The lowest BCUT2D eigenvalue weighted by atomic mass is 10.2. The van der Waals surface area contributed by atoms with Crippen molar-refractivity contribution in [2.75, 3.05) is 6.61 Å². The highest BCUT2D eigenvalue weighted by Gasteiger charge is 2.11. The van der Waals surface area contributed by atoms with E-state index in [0.717, 1.165) is 11.3 Å². The Hall–Kier alpha value is -2.08. The van der Waals surface area contributed by atoms with Crippen LogP contribution in [0.4, 0.5) is 5.69 Å². The van der Waals surface area contributed by atoms with Crippen LogP contribution in [0.3, 0.4) is 0 Å². The smallest absolute Gasteiger partial charge is 0.270 e. The van der Waals surface area contributed by atoms with E-state index < -0.39 is 4.92 Å². The molecule has 0 bridgehead atoms. The quantitative estimate of drug-likeness (QED) is 0.430. The number of nitrogens with zero attached hydrogens (tertiary/aromatic N) is 1. The van der Waals surface area contributed by atoms with Gasteiger partial charge < -0.3 is 9.47 Å². The summed E-state index contributed by atoms with van der Waals surface area (Å²) in [7, 11) is 0. The molecule has 0 amide bonds. The first-order valence-corrected chi connectivity index (χ1v) is 7.50. The van der Waals surface area contributed by atoms with E-state index in [-0.39, 0.29) is 5.69 Å². The number of hydrogen-bond donors (Lipinski definition) is 0. The van der Waals surface area contributed by atoms with Crippen LogP contribution in [0, 0.1) is 10.1 Å². The zero-order valence-corrected chi connectivity index (χ0v) is 13.0. The average molecular weight is 352 g/mol. The minimum atomic E-state index is -0.424. The first kappa shape index (κ1) is 15.3. The number of rotatable bonds is 6. The molecule has 0 atom stereocenters. The van der Waals surface area contributed by atoms with E-state index in [0.29, 0.717) is 23.4 Å². The molecule has 0 radical (unpaired) electrons. The van der Waals surface area contributed by atoms with Gasteiger partial charge in [-0.05, 0) is 37.3 Å². The van der Waals surface area contributed by atoms with Crippen molar-refractivity contribution >= 4 is 21.6 Å². The van der Waals surface area contributed by atoms with Crippen molar-refractivity contribution in [3.8, 4) is 17.2 Å². The third-order valence-corrected chi connectivity index (χ3v) is 3.37. The van der Waals surface area contributed by atoms with Crippen molar-refractivity contribution in [2.24, 2.45) is 0 Å². The average Bonchev–Trinajstić information content (AvgIpc) is 2.49. The Bertz CT molecular complexity index is 628. The Kier molecular flexibility index (Phi) is 5.16. The second-order valence-electron chi connectivity index (χ2n) is 4.19. The zero-order valence-electron chi connectivity index (χ0n) is 11.4. The summed E-state index contributed by atoms with van der Waals surface area (Å²) in [6.07, 6.45) is 0. The molecule has 0 unspecified atom stereocenters. The lowest BCUT2D eigenvalue weighted by molar-refractivity contribution is -0.384. The summed E-state index contributed by atoms with van der Waals surface area (Å²) in [4.78, 5) is 10.3. The predicted molar refractivity (Wildman–Crippen MR) is 83.4 cm³/mol. The highest BCUT2D eigenvalue weighted by atomic mass is 79.9. The third kappa shape index (κ3) is 3.95. The molecule has 5 nitrogen and oxygen atoms in total. The van der Waals surface area contributed by atoms with Gasteiger partial charge in [-0.3, -0.25) is 10.1 Å². The van der Waals surface area contributed by atoms with Gasteiger partial charge in [-0.2, -0.15) is 0 Å². The molecule has 0 aromatic heterocycles. The van der Waals surface area contributed by atoms with Crippen LogP contribution in [-0.4, -0.2) is 11.5 Å². The van der Waals surface area contributed by atoms with Crippen LogP contribution in [0.15, 0.2) is 42.5 Å². The Labute approximate surface area is 130 Å². The standard InChI is InChI=1S/C15H14BrNO4/c1-2-20-13-4-6-14(7-5-13)21-15-8-3-12(17(18)19)9-11(15)10-16/h3-9H,2,10H2,1H3. The van der Waals surface area contributed by atoms with E-state index in [9.17, 15) is 10.1 Å². The van der Waals surface area contributed by atoms with Crippen LogP contribution >= 0.6 is 15.9 Å². The van der Waals surface area contributed by atoms with Crippen LogP contribution in [0.25, 0.3) is 0 Å². The molecular weight excluding hydrogens is 338 g/mol. The summed E-state index contributed by atoms with van der Waals surface area (Å²) >= 11 is 3.31. The molecule has 0 fully saturated rings. The number of non-ortho nitro benzene ring substituents is 1. The van der Waals surface area contributed by atoms with Gasteiger partial charge in [0, 0.05) is 23.0 Å². The molecule has 0 N–H and O–H groups in total. The van der Waals surface area contributed by atoms with Crippen molar-refractivity contribution in [2.45, 2.75) is 12.3 Å². The first-order valence-electron chi connectivity index (χ1n) is 6.38. The fourth-order valence-corrected chi connectivity index (χ4v) is 2.22. The van der Waals surface area contributed by atoms with E-state index in [1.165, 1.54) is 12.1 Å². The summed E-state index contributed by atoms with van der Waals surface area (Å²) < 4.78 is 11.1. The number of nitro benzene ring substituents is 1. The highest BCUT2D eigenvalue weighted by molar-refractivity contribution is 9.08. The fourth-order valence-electron chi connectivity index (χ4n) is 1.78. The molecule has 0 aliphatic carbocycles. The molecule has 6 heteroatoms. The van der Waals surface area contributed by atoms with Gasteiger partial charge in [0.2, 0.25) is 0 Å². The Balaban J connectivity index is 2.20. The summed E-state index contributed by atoms with van der Waals surface area (Å²) in [6.45, 7) is 2.53. The highest BCUT2D eigenvalue weighted by Crippen LogP contribution is 2.31. The van der Waals surface area contributed by atoms with Crippen molar-refractivity contribution in [3.63, 3.8) is 0 Å². The van der Waals surface area contributed by atoms with Crippen LogP contribution in [-0.2, 0) is 5.33 Å². The molecule has 0 aliphatic heterocycles. The molecule has 2 aromatic carbocycles. The van der Waals surface area contributed by atoms with Crippen LogP contribution < -0.4 is 9.47 Å². The minimum absolute atomic E-state index is 0.0449. The van der Waals surface area contributed by atoms with Gasteiger partial charge >= 0.3 is 0 Å². The van der Waals surface area contributed by atoms with Crippen LogP contribution in [0.2, 0.25) is 0 Å². The van der Waals surface area contributed by atoms with Crippen molar-refractivity contribution < 1.29 is 14.4 Å². The summed E-state index contributed by atoms with van der Waals surface area (Å²) in [5, 5.41) is 11.2. The summed E-state index contributed by atoms with van der Waals surface area (Å²) in [5.41, 5.74) is 0.765. The monoisotopic (exact) mass is 351 g/mol. The largest absolute Gasteiger partial charge is 0.494 e. The Morgan fingerprint density at radius 2 is 1.81 bits per heavy atom. The van der Waals surface area contributed by atoms with Crippen molar-refractivity contribution in [1.29, 1.82) is 0 Å². The SMILES string of the molecule is CCOc1ccc(Oc2ccc([N+](=O)[O-])cc2CBr)cc1. The Morgan fingerprint density at radius 1 is 1.14 bits per heavy atom. The maximum absolute atomic E-state index is 10.8. The summed E-state index contributed by atoms with van der Waals surface area (Å²) in [6, 6.07) is 11.8. The molecule has 2 aromatic rings. The second kappa shape index (κ2) is 7.08.